The standard InChI is InChI=1S/C24H25ClN6O2/c1-14(18-11-15-5-4-6-17(25)20(15)24(32)31(18)16-8-9-16)29-22-21-23(27-12-26-22)30(13-28-21)19-7-2-3-10-33-19/h4-6,11-14,16,19H,2-3,7-10H2,1H3,(H,26,27,29)/t14-,19?/m0/s1. The van der Waals surface area contributed by atoms with Crippen molar-refractivity contribution in [2.24, 2.45) is 0 Å². The van der Waals surface area contributed by atoms with Crippen molar-refractivity contribution in [3.63, 3.8) is 0 Å². The molecule has 2 aliphatic rings. The first-order valence-electron chi connectivity index (χ1n) is 11.5. The summed E-state index contributed by atoms with van der Waals surface area (Å²) in [5.74, 6) is 0.642. The molecular weight excluding hydrogens is 440 g/mol. The highest BCUT2D eigenvalue weighted by Crippen LogP contribution is 2.38. The summed E-state index contributed by atoms with van der Waals surface area (Å²) in [5, 5.41) is 5.41. The van der Waals surface area contributed by atoms with Crippen molar-refractivity contribution in [1.82, 2.24) is 24.1 Å². The van der Waals surface area contributed by atoms with Gasteiger partial charge in [-0.3, -0.25) is 9.36 Å². The second kappa shape index (κ2) is 8.11. The van der Waals surface area contributed by atoms with Crippen molar-refractivity contribution in [3.05, 3.63) is 58.0 Å². The summed E-state index contributed by atoms with van der Waals surface area (Å²) in [4.78, 5) is 26.9. The number of benzene rings is 1. The number of aromatic nitrogens is 5. The van der Waals surface area contributed by atoms with Crippen LogP contribution < -0.4 is 10.9 Å². The van der Waals surface area contributed by atoms with Crippen LogP contribution in [0.15, 0.2) is 41.7 Å². The van der Waals surface area contributed by atoms with E-state index in [1.165, 1.54) is 0 Å². The number of hydrogen-bond acceptors (Lipinski definition) is 6. The van der Waals surface area contributed by atoms with E-state index in [9.17, 15) is 4.79 Å². The number of halogens is 1. The third kappa shape index (κ3) is 3.57. The van der Waals surface area contributed by atoms with Crippen LogP contribution in [0.1, 0.15) is 63.0 Å². The Morgan fingerprint density at radius 3 is 2.85 bits per heavy atom. The van der Waals surface area contributed by atoms with Gasteiger partial charge in [0.25, 0.3) is 5.56 Å². The van der Waals surface area contributed by atoms with E-state index in [0.29, 0.717) is 21.7 Å². The first-order valence-corrected chi connectivity index (χ1v) is 11.9. The molecule has 1 aliphatic carbocycles. The van der Waals surface area contributed by atoms with Crippen LogP contribution in [0, 0.1) is 0 Å². The number of ether oxygens (including phenoxy) is 1. The largest absolute Gasteiger partial charge is 0.360 e. The Kier molecular flexibility index (Phi) is 5.07. The minimum atomic E-state index is -0.170. The van der Waals surface area contributed by atoms with Gasteiger partial charge >= 0.3 is 0 Å². The molecule has 0 amide bonds. The van der Waals surface area contributed by atoms with E-state index in [1.807, 2.05) is 28.2 Å². The molecule has 4 heterocycles. The maximum Gasteiger partial charge on any atom is 0.260 e. The fourth-order valence-corrected chi connectivity index (χ4v) is 5.05. The Hall–Kier alpha value is -2.97. The SMILES string of the molecule is C[C@H](Nc1ncnc2c1ncn2C1CCCCO1)c1cc2cccc(Cl)c2c(=O)n1C1CC1. The molecule has 1 saturated carbocycles. The Morgan fingerprint density at radius 2 is 2.06 bits per heavy atom. The number of fused-ring (bicyclic) bond motifs is 2. The molecule has 3 aromatic heterocycles. The predicted octanol–water partition coefficient (Wildman–Crippen LogP) is 5.00. The Balaban J connectivity index is 1.39. The molecule has 1 saturated heterocycles. The molecule has 9 heteroatoms. The van der Waals surface area contributed by atoms with Gasteiger partial charge in [-0.25, -0.2) is 15.0 Å². The monoisotopic (exact) mass is 464 g/mol. The highest BCUT2D eigenvalue weighted by Gasteiger charge is 2.30. The lowest BCUT2D eigenvalue weighted by Gasteiger charge is -2.24. The van der Waals surface area contributed by atoms with Crippen molar-refractivity contribution in [2.45, 2.75) is 57.3 Å². The summed E-state index contributed by atoms with van der Waals surface area (Å²) >= 11 is 6.39. The molecule has 0 radical (unpaired) electrons. The fraction of sp³-hybridized carbons (Fsp3) is 0.417. The summed E-state index contributed by atoms with van der Waals surface area (Å²) in [6.45, 7) is 2.79. The van der Waals surface area contributed by atoms with E-state index in [0.717, 1.165) is 55.4 Å². The Bertz CT molecular complexity index is 1400. The lowest BCUT2D eigenvalue weighted by atomic mass is 10.1. The van der Waals surface area contributed by atoms with E-state index in [1.54, 1.807) is 18.7 Å². The summed E-state index contributed by atoms with van der Waals surface area (Å²) in [6, 6.07) is 7.69. The summed E-state index contributed by atoms with van der Waals surface area (Å²) in [5.41, 5.74) is 2.33. The van der Waals surface area contributed by atoms with Crippen molar-refractivity contribution in [1.29, 1.82) is 0 Å². The molecule has 170 valence electrons. The van der Waals surface area contributed by atoms with Crippen LogP contribution in [0.3, 0.4) is 0 Å². The zero-order chi connectivity index (χ0) is 22.5. The average molecular weight is 465 g/mol. The van der Waals surface area contributed by atoms with Crippen LogP contribution in [0.5, 0.6) is 0 Å². The van der Waals surface area contributed by atoms with Crippen LogP contribution in [0.4, 0.5) is 5.82 Å². The van der Waals surface area contributed by atoms with Crippen LogP contribution in [-0.2, 0) is 4.74 Å². The number of anilines is 1. The number of pyridine rings is 1. The number of imidazole rings is 1. The van der Waals surface area contributed by atoms with E-state index in [2.05, 4.69) is 26.3 Å². The quantitative estimate of drug-likeness (QED) is 0.447. The fourth-order valence-electron chi connectivity index (χ4n) is 4.79. The van der Waals surface area contributed by atoms with Gasteiger partial charge < -0.3 is 14.6 Å². The van der Waals surface area contributed by atoms with Crippen LogP contribution >= 0.6 is 11.6 Å². The molecule has 1 aromatic carbocycles. The summed E-state index contributed by atoms with van der Waals surface area (Å²) in [7, 11) is 0. The third-order valence-electron chi connectivity index (χ3n) is 6.59. The van der Waals surface area contributed by atoms with Gasteiger partial charge in [-0.1, -0.05) is 23.7 Å². The van der Waals surface area contributed by atoms with Gasteiger partial charge in [0.15, 0.2) is 17.0 Å². The van der Waals surface area contributed by atoms with Crippen molar-refractivity contribution < 1.29 is 4.74 Å². The maximum atomic E-state index is 13.4. The second-order valence-corrected chi connectivity index (χ2v) is 9.32. The zero-order valence-corrected chi connectivity index (χ0v) is 19.1. The van der Waals surface area contributed by atoms with Gasteiger partial charge in [-0.15, -0.1) is 0 Å². The average Bonchev–Trinajstić information content (AvgIpc) is 3.57. The molecule has 6 rings (SSSR count). The molecule has 33 heavy (non-hydrogen) atoms. The summed E-state index contributed by atoms with van der Waals surface area (Å²) in [6.07, 6.45) is 8.44. The third-order valence-corrected chi connectivity index (χ3v) is 6.91. The number of rotatable bonds is 5. The predicted molar refractivity (Wildman–Crippen MR) is 128 cm³/mol. The lowest BCUT2D eigenvalue weighted by molar-refractivity contribution is -0.0298. The van der Waals surface area contributed by atoms with Crippen LogP contribution in [-0.4, -0.2) is 30.7 Å². The van der Waals surface area contributed by atoms with E-state index < -0.39 is 0 Å². The normalized spacial score (nSPS) is 19.8. The molecule has 1 aliphatic heterocycles. The lowest BCUT2D eigenvalue weighted by Crippen LogP contribution is -2.26. The molecule has 8 nitrogen and oxygen atoms in total. The van der Waals surface area contributed by atoms with Gasteiger partial charge in [0, 0.05) is 18.3 Å². The maximum absolute atomic E-state index is 13.4. The van der Waals surface area contributed by atoms with Gasteiger partial charge in [0.05, 0.1) is 22.8 Å². The van der Waals surface area contributed by atoms with Gasteiger partial charge in [-0.2, -0.15) is 0 Å². The highest BCUT2D eigenvalue weighted by atomic mass is 35.5. The minimum Gasteiger partial charge on any atom is -0.360 e. The molecule has 1 N–H and O–H groups in total. The first kappa shape index (κ1) is 20.6. The molecule has 1 unspecified atom stereocenters. The van der Waals surface area contributed by atoms with Gasteiger partial charge in [-0.05, 0) is 56.5 Å². The molecule has 4 aromatic rings. The van der Waals surface area contributed by atoms with E-state index in [4.69, 9.17) is 16.3 Å². The zero-order valence-electron chi connectivity index (χ0n) is 18.4. The number of nitrogens with zero attached hydrogens (tertiary/aromatic N) is 5. The van der Waals surface area contributed by atoms with Crippen molar-refractivity contribution in [2.75, 3.05) is 11.9 Å². The van der Waals surface area contributed by atoms with Crippen molar-refractivity contribution >= 4 is 39.4 Å². The van der Waals surface area contributed by atoms with Crippen LogP contribution in [0.2, 0.25) is 5.02 Å². The summed E-state index contributed by atoms with van der Waals surface area (Å²) < 4.78 is 9.82. The molecule has 0 bridgehead atoms. The topological polar surface area (TPSA) is 86.9 Å². The smallest absolute Gasteiger partial charge is 0.260 e. The molecule has 0 spiro atoms. The van der Waals surface area contributed by atoms with E-state index >= 15 is 0 Å². The number of nitrogens with one attached hydrogen (secondary N) is 1. The Morgan fingerprint density at radius 1 is 1.18 bits per heavy atom. The molecular formula is C24H25ClN6O2. The minimum absolute atomic E-state index is 0.0317. The highest BCUT2D eigenvalue weighted by molar-refractivity contribution is 6.35. The van der Waals surface area contributed by atoms with Crippen molar-refractivity contribution in [3.8, 4) is 0 Å². The van der Waals surface area contributed by atoms with Crippen LogP contribution in [0.25, 0.3) is 21.9 Å². The second-order valence-electron chi connectivity index (χ2n) is 8.91. The molecule has 2 fully saturated rings. The van der Waals surface area contributed by atoms with Gasteiger partial charge in [0.2, 0.25) is 0 Å². The molecule has 2 atom stereocenters. The van der Waals surface area contributed by atoms with E-state index in [-0.39, 0.29) is 23.9 Å². The first-order chi connectivity index (χ1) is 16.1. The number of hydrogen-bond donors (Lipinski definition) is 1. The Labute approximate surface area is 195 Å². The van der Waals surface area contributed by atoms with Gasteiger partial charge in [0.1, 0.15) is 12.6 Å².